The number of benzene rings is 1. The lowest BCUT2D eigenvalue weighted by molar-refractivity contribution is -0.461. The van der Waals surface area contributed by atoms with Gasteiger partial charge in [-0.25, -0.2) is 4.90 Å². The van der Waals surface area contributed by atoms with Crippen LogP contribution in [0.5, 0.6) is 0 Å². The fourth-order valence-corrected chi connectivity index (χ4v) is 3.60. The van der Waals surface area contributed by atoms with Crippen LogP contribution in [0.25, 0.3) is 0 Å². The van der Waals surface area contributed by atoms with E-state index in [0.717, 1.165) is 18.2 Å². The highest BCUT2D eigenvalue weighted by Gasteiger charge is 2.95. The van der Waals surface area contributed by atoms with Gasteiger partial charge in [-0.1, -0.05) is 18.2 Å². The summed E-state index contributed by atoms with van der Waals surface area (Å²) in [5.74, 6) is -58.9. The fourth-order valence-electron chi connectivity index (χ4n) is 3.60. The molecule has 0 aliphatic carbocycles. The third-order valence-electron chi connectivity index (χ3n) is 5.97. The van der Waals surface area contributed by atoms with Crippen LogP contribution in [0.4, 0.5) is 80.3 Å². The van der Waals surface area contributed by atoms with Gasteiger partial charge < -0.3 is 0 Å². The molecule has 1 aromatic carbocycles. The standard InChI is InChI=1S/C21H13F17NO2/c1-9-3-2-4-10(13(9)39-11(40)5-6-12(39)41)7-8-14(22,23)15(24,25)16(26,27)17(28,29)18(30,31)19(32,33)20(34,35)21(36,37)38/h2-4H,1,5-8H2. The number of imide groups is 1. The van der Waals surface area contributed by atoms with Crippen molar-refractivity contribution in [3.05, 3.63) is 36.2 Å². The number of hydrogen-bond donors (Lipinski definition) is 0. The molecule has 0 aromatic heterocycles. The molecule has 0 atom stereocenters. The molecule has 1 aliphatic heterocycles. The zero-order chi connectivity index (χ0) is 32.4. The topological polar surface area (TPSA) is 37.4 Å². The molecular formula is C21H13F17NO2. The molecule has 1 aromatic rings. The molecule has 1 fully saturated rings. The average molecular weight is 634 g/mol. The van der Waals surface area contributed by atoms with Crippen molar-refractivity contribution in [2.75, 3.05) is 4.90 Å². The zero-order valence-electron chi connectivity index (χ0n) is 19.5. The maximum Gasteiger partial charge on any atom is 0.460 e. The van der Waals surface area contributed by atoms with Crippen LogP contribution in [0, 0.1) is 6.92 Å². The smallest absolute Gasteiger partial charge is 0.274 e. The van der Waals surface area contributed by atoms with E-state index in [1.165, 1.54) is 0 Å². The predicted octanol–water partition coefficient (Wildman–Crippen LogP) is 7.46. The lowest BCUT2D eigenvalue weighted by Crippen LogP contribution is -2.74. The lowest BCUT2D eigenvalue weighted by atomic mass is 9.87. The van der Waals surface area contributed by atoms with Crippen LogP contribution in [0.1, 0.15) is 30.4 Å². The first-order valence-corrected chi connectivity index (χ1v) is 10.6. The molecule has 1 radical (unpaired) electrons. The number of alkyl halides is 17. The Morgan fingerprint density at radius 3 is 1.41 bits per heavy atom. The quantitative estimate of drug-likeness (QED) is 0.198. The van der Waals surface area contributed by atoms with Crippen LogP contribution < -0.4 is 4.90 Å². The second-order valence-electron chi connectivity index (χ2n) is 8.70. The largest absolute Gasteiger partial charge is 0.460 e. The molecule has 0 spiro atoms. The second kappa shape index (κ2) is 9.88. The Kier molecular flexibility index (Phi) is 8.28. The number of aryl methyl sites for hydroxylation is 1. The number of carbonyl (C=O) groups excluding carboxylic acids is 2. The van der Waals surface area contributed by atoms with Crippen molar-refractivity contribution >= 4 is 17.5 Å². The molecule has 1 aliphatic rings. The van der Waals surface area contributed by atoms with Crippen molar-refractivity contribution in [1.29, 1.82) is 0 Å². The molecular weight excluding hydrogens is 621 g/mol. The highest BCUT2D eigenvalue weighted by molar-refractivity contribution is 6.20. The lowest BCUT2D eigenvalue weighted by Gasteiger charge is -2.42. The van der Waals surface area contributed by atoms with Crippen molar-refractivity contribution in [3.63, 3.8) is 0 Å². The van der Waals surface area contributed by atoms with Crippen LogP contribution in [-0.2, 0) is 16.0 Å². The molecule has 3 nitrogen and oxygen atoms in total. The van der Waals surface area contributed by atoms with Crippen molar-refractivity contribution in [2.45, 2.75) is 73.3 Å². The molecule has 2 amide bonds. The number of halogens is 17. The Hall–Kier alpha value is -2.83. The number of carbonyl (C=O) groups is 2. The van der Waals surface area contributed by atoms with E-state index in [4.69, 9.17) is 0 Å². The van der Waals surface area contributed by atoms with Gasteiger partial charge in [0.15, 0.2) is 0 Å². The normalized spacial score (nSPS) is 17.1. The number of hydrogen-bond acceptors (Lipinski definition) is 2. The first-order valence-electron chi connectivity index (χ1n) is 10.6. The van der Waals surface area contributed by atoms with Crippen molar-refractivity contribution in [3.8, 4) is 0 Å². The second-order valence-corrected chi connectivity index (χ2v) is 8.70. The maximum absolute atomic E-state index is 14.3. The van der Waals surface area contributed by atoms with E-state index >= 15 is 0 Å². The predicted molar refractivity (Wildman–Crippen MR) is 102 cm³/mol. The van der Waals surface area contributed by atoms with Crippen molar-refractivity contribution < 1.29 is 84.2 Å². The summed E-state index contributed by atoms with van der Waals surface area (Å²) >= 11 is 0. The Labute approximate surface area is 217 Å². The number of nitrogens with zero attached hydrogens (tertiary/aromatic N) is 1. The van der Waals surface area contributed by atoms with E-state index < -0.39 is 96.4 Å². The van der Waals surface area contributed by atoms with E-state index in [-0.39, 0.29) is 5.56 Å². The van der Waals surface area contributed by atoms with Crippen LogP contribution in [0.3, 0.4) is 0 Å². The van der Waals surface area contributed by atoms with Gasteiger partial charge in [0.25, 0.3) is 0 Å². The first-order chi connectivity index (χ1) is 18.0. The summed E-state index contributed by atoms with van der Waals surface area (Å²) < 4.78 is 228. The summed E-state index contributed by atoms with van der Waals surface area (Å²) in [5, 5.41) is 0. The van der Waals surface area contributed by atoms with E-state index in [2.05, 4.69) is 6.92 Å². The Morgan fingerprint density at radius 2 is 1.00 bits per heavy atom. The van der Waals surface area contributed by atoms with Gasteiger partial charge in [-0.15, -0.1) is 0 Å². The monoisotopic (exact) mass is 634 g/mol. The minimum atomic E-state index is -8.70. The van der Waals surface area contributed by atoms with E-state index in [1.807, 2.05) is 0 Å². The Bertz CT molecular complexity index is 1170. The number of rotatable bonds is 10. The first kappa shape index (κ1) is 34.4. The van der Waals surface area contributed by atoms with Gasteiger partial charge in [0.2, 0.25) is 11.8 Å². The summed E-state index contributed by atoms with van der Waals surface area (Å²) in [6.45, 7) is 3.35. The van der Waals surface area contributed by atoms with E-state index in [0.29, 0.717) is 4.90 Å². The summed E-state index contributed by atoms with van der Waals surface area (Å²) in [5.41, 5.74) is -1.62. The van der Waals surface area contributed by atoms with E-state index in [1.54, 1.807) is 0 Å². The highest BCUT2D eigenvalue weighted by Crippen LogP contribution is 2.64. The SMILES string of the molecule is [CH2]c1cccc(CCC(F)(F)C(F)(F)C(F)(F)C(F)(F)C(F)(F)C(F)(F)C(F)(F)C(F)(F)F)c1N1C(=O)CCC1=O. The minimum absolute atomic E-state index is 0.300. The summed E-state index contributed by atoms with van der Waals surface area (Å²) in [7, 11) is 0. The van der Waals surface area contributed by atoms with Crippen LogP contribution >= 0.6 is 0 Å². The number of amides is 2. The number of anilines is 1. The van der Waals surface area contributed by atoms with Crippen molar-refractivity contribution in [1.82, 2.24) is 0 Å². The van der Waals surface area contributed by atoms with Gasteiger partial charge >= 0.3 is 47.6 Å². The molecule has 20 heteroatoms. The van der Waals surface area contributed by atoms with Crippen LogP contribution in [0.2, 0.25) is 0 Å². The molecule has 0 saturated carbocycles. The molecule has 41 heavy (non-hydrogen) atoms. The summed E-state index contributed by atoms with van der Waals surface area (Å²) in [6, 6.07) is 2.75. The molecule has 0 N–H and O–H groups in total. The van der Waals surface area contributed by atoms with Gasteiger partial charge in [-0.3, -0.25) is 9.59 Å². The molecule has 0 unspecified atom stereocenters. The fraction of sp³-hybridized carbons (Fsp3) is 0.571. The van der Waals surface area contributed by atoms with Crippen LogP contribution in [0.15, 0.2) is 18.2 Å². The van der Waals surface area contributed by atoms with Crippen molar-refractivity contribution in [2.24, 2.45) is 0 Å². The number of para-hydroxylation sites is 1. The van der Waals surface area contributed by atoms with Crippen LogP contribution in [-0.4, -0.2) is 59.4 Å². The van der Waals surface area contributed by atoms with Gasteiger partial charge in [-0.05, 0) is 24.5 Å². The Morgan fingerprint density at radius 1 is 0.610 bits per heavy atom. The minimum Gasteiger partial charge on any atom is -0.274 e. The summed E-state index contributed by atoms with van der Waals surface area (Å²) in [6.07, 6.45) is -13.0. The maximum atomic E-state index is 14.3. The molecule has 0 bridgehead atoms. The third kappa shape index (κ3) is 4.87. The average Bonchev–Trinajstić information content (AvgIpc) is 3.13. The molecule has 233 valence electrons. The Balaban J connectivity index is 2.51. The third-order valence-corrected chi connectivity index (χ3v) is 5.97. The van der Waals surface area contributed by atoms with Gasteiger partial charge in [0, 0.05) is 19.3 Å². The molecule has 1 heterocycles. The molecule has 2 rings (SSSR count). The summed E-state index contributed by atoms with van der Waals surface area (Å²) in [4.78, 5) is 24.3. The van der Waals surface area contributed by atoms with Gasteiger partial charge in [0.05, 0.1) is 5.69 Å². The van der Waals surface area contributed by atoms with Gasteiger partial charge in [0.1, 0.15) is 0 Å². The zero-order valence-corrected chi connectivity index (χ0v) is 19.5. The van der Waals surface area contributed by atoms with Gasteiger partial charge in [-0.2, -0.15) is 74.6 Å². The molecule has 1 saturated heterocycles. The van der Waals surface area contributed by atoms with E-state index in [9.17, 15) is 84.2 Å². The highest BCUT2D eigenvalue weighted by atomic mass is 19.4.